The van der Waals surface area contributed by atoms with Gasteiger partial charge in [-0.3, -0.25) is 4.79 Å². The molecule has 0 spiro atoms. The Kier molecular flexibility index (Phi) is 3.65. The van der Waals surface area contributed by atoms with Crippen LogP contribution in [0.2, 0.25) is 0 Å². The summed E-state index contributed by atoms with van der Waals surface area (Å²) in [5.41, 5.74) is 5.21. The molecule has 0 saturated carbocycles. The largest absolute Gasteiger partial charge is 0.391 e. The van der Waals surface area contributed by atoms with E-state index >= 15 is 0 Å². The van der Waals surface area contributed by atoms with E-state index in [4.69, 9.17) is 10.8 Å². The van der Waals surface area contributed by atoms with E-state index in [1.54, 1.807) is 0 Å². The van der Waals surface area contributed by atoms with Crippen molar-refractivity contribution in [2.24, 2.45) is 5.73 Å². The van der Waals surface area contributed by atoms with Gasteiger partial charge in [0, 0.05) is 13.1 Å². The van der Waals surface area contributed by atoms with Crippen LogP contribution in [-0.4, -0.2) is 52.9 Å². The highest BCUT2D eigenvalue weighted by Crippen LogP contribution is 2.10. The molecule has 0 aromatic rings. The highest BCUT2D eigenvalue weighted by Gasteiger charge is 2.28. The van der Waals surface area contributed by atoms with E-state index in [0.717, 1.165) is 0 Å². The zero-order valence-electron chi connectivity index (χ0n) is 7.52. The molecule has 4 N–H and O–H groups in total. The number of nitrogens with two attached hydrogens (primary N) is 1. The summed E-state index contributed by atoms with van der Waals surface area (Å²) in [5.74, 6) is -0.318. The van der Waals surface area contributed by atoms with Crippen molar-refractivity contribution in [1.29, 1.82) is 0 Å². The van der Waals surface area contributed by atoms with E-state index in [-0.39, 0.29) is 12.3 Å². The monoisotopic (exact) mass is 188 g/mol. The van der Waals surface area contributed by atoms with E-state index in [0.29, 0.717) is 26.1 Å². The second-order valence-electron chi connectivity index (χ2n) is 3.32. The van der Waals surface area contributed by atoms with Crippen LogP contribution in [0.3, 0.4) is 0 Å². The van der Waals surface area contributed by atoms with Gasteiger partial charge in [-0.25, -0.2) is 0 Å². The van der Waals surface area contributed by atoms with Gasteiger partial charge in [0.1, 0.15) is 6.10 Å². The Morgan fingerprint density at radius 3 is 2.85 bits per heavy atom. The van der Waals surface area contributed by atoms with Gasteiger partial charge in [-0.05, 0) is 19.4 Å². The van der Waals surface area contributed by atoms with Crippen molar-refractivity contribution in [2.45, 2.75) is 25.0 Å². The van der Waals surface area contributed by atoms with Gasteiger partial charge in [0.2, 0.25) is 0 Å². The lowest BCUT2D eigenvalue weighted by molar-refractivity contribution is -0.139. The first kappa shape index (κ1) is 10.4. The third-order valence-corrected chi connectivity index (χ3v) is 2.20. The van der Waals surface area contributed by atoms with Gasteiger partial charge in [-0.2, -0.15) is 0 Å². The number of likely N-dealkylation sites (tertiary alicyclic amines) is 1. The van der Waals surface area contributed by atoms with Crippen LogP contribution < -0.4 is 5.73 Å². The van der Waals surface area contributed by atoms with Crippen molar-refractivity contribution >= 4 is 5.91 Å². The maximum absolute atomic E-state index is 11.4. The molecule has 0 unspecified atom stereocenters. The molecule has 1 saturated heterocycles. The summed E-state index contributed by atoms with van der Waals surface area (Å²) in [7, 11) is 0. The molecule has 13 heavy (non-hydrogen) atoms. The normalized spacial score (nSPS) is 24.8. The van der Waals surface area contributed by atoms with Gasteiger partial charge in [0.05, 0.1) is 6.10 Å². The van der Waals surface area contributed by atoms with Crippen molar-refractivity contribution < 1.29 is 15.0 Å². The number of β-amino-alcohol motifs (C(OH)–C–C–N with tert-alkyl or cyclic N) is 1. The number of hydrogen-bond acceptors (Lipinski definition) is 4. The fourth-order valence-corrected chi connectivity index (χ4v) is 1.43. The third kappa shape index (κ3) is 2.65. The molecule has 0 aromatic heterocycles. The molecule has 2 atom stereocenters. The Bertz CT molecular complexity index is 186. The molecule has 0 radical (unpaired) electrons. The number of carbonyl (C=O) groups is 1. The van der Waals surface area contributed by atoms with Gasteiger partial charge >= 0.3 is 0 Å². The quantitative estimate of drug-likeness (QED) is 0.492. The summed E-state index contributed by atoms with van der Waals surface area (Å²) >= 11 is 0. The Morgan fingerprint density at radius 2 is 2.38 bits per heavy atom. The minimum absolute atomic E-state index is 0.283. The van der Waals surface area contributed by atoms with Crippen molar-refractivity contribution in [2.75, 3.05) is 19.6 Å². The summed E-state index contributed by atoms with van der Waals surface area (Å²) in [5, 5.41) is 18.5. The summed E-state index contributed by atoms with van der Waals surface area (Å²) in [4.78, 5) is 12.9. The number of amides is 1. The van der Waals surface area contributed by atoms with Crippen LogP contribution in [0, 0.1) is 0 Å². The lowest BCUT2D eigenvalue weighted by Gasteiger charge is -2.18. The van der Waals surface area contributed by atoms with Crippen LogP contribution in [-0.2, 0) is 4.79 Å². The molecule has 1 amide bonds. The molecule has 0 aromatic carbocycles. The first-order chi connectivity index (χ1) is 6.15. The average molecular weight is 188 g/mol. The first-order valence-electron chi connectivity index (χ1n) is 4.50. The zero-order valence-corrected chi connectivity index (χ0v) is 7.52. The molecule has 1 heterocycles. The van der Waals surface area contributed by atoms with Gasteiger partial charge < -0.3 is 20.8 Å². The Hall–Kier alpha value is -0.650. The van der Waals surface area contributed by atoms with Crippen LogP contribution in [0.1, 0.15) is 12.8 Å². The summed E-state index contributed by atoms with van der Waals surface area (Å²) in [6.07, 6.45) is -0.559. The number of aliphatic hydroxyl groups excluding tert-OH is 2. The van der Waals surface area contributed by atoms with Crippen LogP contribution >= 0.6 is 0 Å². The Labute approximate surface area is 77.1 Å². The number of rotatable bonds is 3. The molecule has 5 heteroatoms. The number of aliphatic hydroxyl groups is 2. The molecular weight excluding hydrogens is 172 g/mol. The summed E-state index contributed by atoms with van der Waals surface area (Å²) in [6.45, 7) is 1.16. The molecule has 1 rings (SSSR count). The molecular formula is C8H16N2O3. The standard InChI is InChI=1S/C8H16N2O3/c9-3-1-7(12)8(13)10-4-2-6(11)5-10/h6-7,11-12H,1-5,9H2/t6-,7+/m1/s1. The van der Waals surface area contributed by atoms with Gasteiger partial charge in [0.15, 0.2) is 0 Å². The van der Waals surface area contributed by atoms with E-state index in [1.807, 2.05) is 0 Å². The predicted molar refractivity (Wildman–Crippen MR) is 46.9 cm³/mol. The molecule has 76 valence electrons. The zero-order chi connectivity index (χ0) is 9.84. The lowest BCUT2D eigenvalue weighted by atomic mass is 10.2. The second kappa shape index (κ2) is 4.55. The second-order valence-corrected chi connectivity index (χ2v) is 3.32. The van der Waals surface area contributed by atoms with Crippen LogP contribution in [0.5, 0.6) is 0 Å². The Morgan fingerprint density at radius 1 is 1.69 bits per heavy atom. The minimum Gasteiger partial charge on any atom is -0.391 e. The molecule has 1 aliphatic heterocycles. The molecule has 1 aliphatic rings. The van der Waals surface area contributed by atoms with Crippen LogP contribution in [0.25, 0.3) is 0 Å². The summed E-state index contributed by atoms with van der Waals surface area (Å²) < 4.78 is 0. The predicted octanol–water partition coefficient (Wildman–Crippen LogP) is -1.71. The van der Waals surface area contributed by atoms with E-state index in [2.05, 4.69) is 0 Å². The van der Waals surface area contributed by atoms with Crippen LogP contribution in [0.4, 0.5) is 0 Å². The van der Waals surface area contributed by atoms with Gasteiger partial charge in [-0.15, -0.1) is 0 Å². The van der Waals surface area contributed by atoms with Crippen LogP contribution in [0.15, 0.2) is 0 Å². The smallest absolute Gasteiger partial charge is 0.251 e. The summed E-state index contributed by atoms with van der Waals surface area (Å²) in [6, 6.07) is 0. The Balaban J connectivity index is 2.38. The van der Waals surface area contributed by atoms with E-state index in [1.165, 1.54) is 4.90 Å². The number of carbonyl (C=O) groups excluding carboxylic acids is 1. The number of hydrogen-bond donors (Lipinski definition) is 3. The molecule has 0 aliphatic carbocycles. The fourth-order valence-electron chi connectivity index (χ4n) is 1.43. The van der Waals surface area contributed by atoms with Crippen molar-refractivity contribution in [3.63, 3.8) is 0 Å². The molecule has 0 bridgehead atoms. The molecule has 1 fully saturated rings. The highest BCUT2D eigenvalue weighted by molar-refractivity contribution is 5.80. The third-order valence-electron chi connectivity index (χ3n) is 2.20. The average Bonchev–Trinajstić information content (AvgIpc) is 2.51. The van der Waals surface area contributed by atoms with Gasteiger partial charge in [-0.1, -0.05) is 0 Å². The lowest BCUT2D eigenvalue weighted by Crippen LogP contribution is -2.39. The maximum Gasteiger partial charge on any atom is 0.251 e. The minimum atomic E-state index is -1.00. The van der Waals surface area contributed by atoms with Crippen molar-refractivity contribution in [3.05, 3.63) is 0 Å². The first-order valence-corrected chi connectivity index (χ1v) is 4.50. The maximum atomic E-state index is 11.4. The topological polar surface area (TPSA) is 86.8 Å². The van der Waals surface area contributed by atoms with E-state index in [9.17, 15) is 9.90 Å². The van der Waals surface area contributed by atoms with E-state index < -0.39 is 12.2 Å². The molecule has 5 nitrogen and oxygen atoms in total. The van der Waals surface area contributed by atoms with Gasteiger partial charge in [0.25, 0.3) is 5.91 Å². The number of nitrogens with zero attached hydrogens (tertiary/aromatic N) is 1. The van der Waals surface area contributed by atoms with Crippen molar-refractivity contribution in [1.82, 2.24) is 4.90 Å². The SMILES string of the molecule is NCC[C@H](O)C(=O)N1CC[C@@H](O)C1. The highest BCUT2D eigenvalue weighted by atomic mass is 16.3. The van der Waals surface area contributed by atoms with Crippen molar-refractivity contribution in [3.8, 4) is 0 Å². The fraction of sp³-hybridized carbons (Fsp3) is 0.875.